The molecule has 0 bridgehead atoms. The summed E-state index contributed by atoms with van der Waals surface area (Å²) in [5.41, 5.74) is 2.81. The Balaban J connectivity index is 1.59. The fraction of sp³-hybridized carbons (Fsp3) is 0.222. The van der Waals surface area contributed by atoms with Crippen molar-refractivity contribution in [1.82, 2.24) is 5.48 Å². The lowest BCUT2D eigenvalue weighted by Gasteiger charge is -2.08. The van der Waals surface area contributed by atoms with Gasteiger partial charge in [0, 0.05) is 5.69 Å². The van der Waals surface area contributed by atoms with Crippen LogP contribution in [-0.4, -0.2) is 32.1 Å². The molecule has 0 aromatic heterocycles. The number of rotatable bonds is 9. The van der Waals surface area contributed by atoms with Gasteiger partial charge < -0.3 is 14.8 Å². The van der Waals surface area contributed by atoms with E-state index in [1.54, 1.807) is 43.5 Å². The maximum absolute atomic E-state index is 11.7. The second-order valence-electron chi connectivity index (χ2n) is 5.00. The third kappa shape index (κ3) is 6.92. The number of carbonyl (C=O) groups excluding carboxylic acids is 2. The highest BCUT2D eigenvalue weighted by molar-refractivity contribution is 5.91. The van der Waals surface area contributed by atoms with Crippen LogP contribution in [0, 0.1) is 0 Å². The Hall–Kier alpha value is -3.06. The van der Waals surface area contributed by atoms with E-state index in [-0.39, 0.29) is 31.4 Å². The molecule has 0 aliphatic rings. The summed E-state index contributed by atoms with van der Waals surface area (Å²) < 4.78 is 10.4. The third-order valence-electron chi connectivity index (χ3n) is 3.10. The number of hydrogen-bond donors (Lipinski definition) is 2. The van der Waals surface area contributed by atoms with Gasteiger partial charge in [0.1, 0.15) is 11.5 Å². The molecule has 0 unspecified atom stereocenters. The average Bonchev–Trinajstić information content (AvgIpc) is 2.63. The minimum Gasteiger partial charge on any atom is -0.497 e. The number of anilines is 1. The number of ether oxygens (including phenoxy) is 2. The van der Waals surface area contributed by atoms with Crippen molar-refractivity contribution in [2.45, 2.75) is 6.42 Å². The fourth-order valence-electron chi connectivity index (χ4n) is 1.88. The lowest BCUT2D eigenvalue weighted by Crippen LogP contribution is -2.29. The van der Waals surface area contributed by atoms with Crippen molar-refractivity contribution >= 4 is 17.5 Å². The topological polar surface area (TPSA) is 85.9 Å². The highest BCUT2D eigenvalue weighted by atomic mass is 16.7. The molecule has 0 atom stereocenters. The molecule has 2 amide bonds. The van der Waals surface area contributed by atoms with Gasteiger partial charge in [-0.25, -0.2) is 5.48 Å². The molecule has 25 heavy (non-hydrogen) atoms. The summed E-state index contributed by atoms with van der Waals surface area (Å²) in [7, 11) is 1.56. The zero-order chi connectivity index (χ0) is 17.9. The molecule has 0 aliphatic carbocycles. The van der Waals surface area contributed by atoms with E-state index in [1.807, 2.05) is 18.2 Å². The van der Waals surface area contributed by atoms with Crippen LogP contribution >= 0.6 is 0 Å². The molecule has 2 aromatic carbocycles. The number of benzene rings is 2. The standard InChI is InChI=1S/C18H20N2O5/c1-23-15-9-7-14(8-10-15)19-18(22)13-25-20-17(21)11-12-24-16-5-3-2-4-6-16/h2-10H,11-13H2,1H3,(H,19,22)(H,20,21). The maximum atomic E-state index is 11.7. The Morgan fingerprint density at radius 1 is 0.920 bits per heavy atom. The molecule has 0 radical (unpaired) electrons. The van der Waals surface area contributed by atoms with Gasteiger partial charge >= 0.3 is 0 Å². The molecule has 0 fully saturated rings. The Kier molecular flexibility index (Phi) is 7.27. The predicted molar refractivity (Wildman–Crippen MR) is 92.3 cm³/mol. The first-order chi connectivity index (χ1) is 12.2. The predicted octanol–water partition coefficient (Wildman–Crippen LogP) is 2.15. The maximum Gasteiger partial charge on any atom is 0.253 e. The van der Waals surface area contributed by atoms with Crippen molar-refractivity contribution in [2.24, 2.45) is 0 Å². The molecule has 132 valence electrons. The molecule has 0 spiro atoms. The summed E-state index contributed by atoms with van der Waals surface area (Å²) >= 11 is 0. The summed E-state index contributed by atoms with van der Waals surface area (Å²) in [6.07, 6.45) is 0.120. The summed E-state index contributed by atoms with van der Waals surface area (Å²) in [6.45, 7) is -0.0748. The van der Waals surface area contributed by atoms with Gasteiger partial charge in [-0.3, -0.25) is 14.4 Å². The van der Waals surface area contributed by atoms with E-state index in [4.69, 9.17) is 14.3 Å². The number of amides is 2. The first-order valence-corrected chi connectivity index (χ1v) is 7.70. The van der Waals surface area contributed by atoms with E-state index in [2.05, 4.69) is 10.8 Å². The minimum atomic E-state index is -0.383. The van der Waals surface area contributed by atoms with E-state index >= 15 is 0 Å². The van der Waals surface area contributed by atoms with Crippen LogP contribution in [0.5, 0.6) is 11.5 Å². The molecule has 0 saturated heterocycles. The van der Waals surface area contributed by atoms with Crippen molar-refractivity contribution in [3.8, 4) is 11.5 Å². The van der Waals surface area contributed by atoms with E-state index < -0.39 is 0 Å². The fourth-order valence-corrected chi connectivity index (χ4v) is 1.88. The summed E-state index contributed by atoms with van der Waals surface area (Å²) in [5, 5.41) is 2.64. The molecule has 2 N–H and O–H groups in total. The van der Waals surface area contributed by atoms with Crippen LogP contribution in [0.4, 0.5) is 5.69 Å². The number of nitrogens with one attached hydrogen (secondary N) is 2. The summed E-state index contributed by atoms with van der Waals surface area (Å²) in [4.78, 5) is 28.2. The van der Waals surface area contributed by atoms with E-state index in [1.165, 1.54) is 0 Å². The van der Waals surface area contributed by atoms with Crippen LogP contribution in [0.3, 0.4) is 0 Å². The Labute approximate surface area is 145 Å². The number of methoxy groups -OCH3 is 1. The zero-order valence-corrected chi connectivity index (χ0v) is 13.9. The van der Waals surface area contributed by atoms with Crippen molar-refractivity contribution in [3.63, 3.8) is 0 Å². The lowest BCUT2D eigenvalue weighted by molar-refractivity contribution is -0.137. The Bertz CT molecular complexity index is 674. The van der Waals surface area contributed by atoms with Crippen molar-refractivity contribution in [2.75, 3.05) is 25.6 Å². The van der Waals surface area contributed by atoms with Crippen LogP contribution < -0.4 is 20.3 Å². The number of hydrogen-bond acceptors (Lipinski definition) is 5. The molecule has 2 aromatic rings. The molecule has 0 saturated carbocycles. The number of carbonyl (C=O) groups is 2. The van der Waals surface area contributed by atoms with Crippen LogP contribution in [0.25, 0.3) is 0 Å². The zero-order valence-electron chi connectivity index (χ0n) is 13.9. The Morgan fingerprint density at radius 3 is 2.32 bits per heavy atom. The van der Waals surface area contributed by atoms with E-state index in [0.717, 1.165) is 0 Å². The smallest absolute Gasteiger partial charge is 0.253 e. The van der Waals surface area contributed by atoms with Gasteiger partial charge in [0.2, 0.25) is 5.91 Å². The molecule has 7 nitrogen and oxygen atoms in total. The van der Waals surface area contributed by atoms with E-state index in [0.29, 0.717) is 17.2 Å². The molecular weight excluding hydrogens is 324 g/mol. The van der Waals surface area contributed by atoms with Crippen LogP contribution in [0.2, 0.25) is 0 Å². The highest BCUT2D eigenvalue weighted by Crippen LogP contribution is 2.14. The summed E-state index contributed by atoms with van der Waals surface area (Å²) in [5.74, 6) is 0.633. The first-order valence-electron chi connectivity index (χ1n) is 7.70. The molecule has 2 rings (SSSR count). The van der Waals surface area contributed by atoms with Crippen molar-refractivity contribution in [1.29, 1.82) is 0 Å². The van der Waals surface area contributed by atoms with Gasteiger partial charge in [-0.2, -0.15) is 0 Å². The monoisotopic (exact) mass is 344 g/mol. The molecule has 0 heterocycles. The normalized spacial score (nSPS) is 9.96. The second-order valence-corrected chi connectivity index (χ2v) is 5.00. The molecule has 0 aliphatic heterocycles. The van der Waals surface area contributed by atoms with Gasteiger partial charge in [-0.1, -0.05) is 18.2 Å². The third-order valence-corrected chi connectivity index (χ3v) is 3.10. The SMILES string of the molecule is COc1ccc(NC(=O)CONC(=O)CCOc2ccccc2)cc1. The van der Waals surface area contributed by atoms with E-state index in [9.17, 15) is 9.59 Å². The lowest BCUT2D eigenvalue weighted by atomic mass is 10.3. The molecule has 7 heteroatoms. The second kappa shape index (κ2) is 9.94. The van der Waals surface area contributed by atoms with Gasteiger partial charge in [0.25, 0.3) is 5.91 Å². The molecular formula is C18H20N2O5. The largest absolute Gasteiger partial charge is 0.497 e. The van der Waals surface area contributed by atoms with Crippen molar-refractivity contribution < 1.29 is 23.9 Å². The average molecular weight is 344 g/mol. The van der Waals surface area contributed by atoms with Gasteiger partial charge in [0.15, 0.2) is 6.61 Å². The van der Waals surface area contributed by atoms with Crippen LogP contribution in [0.15, 0.2) is 54.6 Å². The van der Waals surface area contributed by atoms with Gasteiger partial charge in [-0.15, -0.1) is 0 Å². The number of para-hydroxylation sites is 1. The minimum absolute atomic E-state index is 0.120. The highest BCUT2D eigenvalue weighted by Gasteiger charge is 2.06. The summed E-state index contributed by atoms with van der Waals surface area (Å²) in [6, 6.07) is 16.0. The number of hydroxylamine groups is 1. The van der Waals surface area contributed by atoms with Gasteiger partial charge in [-0.05, 0) is 36.4 Å². The quantitative estimate of drug-likeness (QED) is 0.681. The first kappa shape index (κ1) is 18.3. The van der Waals surface area contributed by atoms with Crippen LogP contribution in [-0.2, 0) is 14.4 Å². The van der Waals surface area contributed by atoms with Gasteiger partial charge in [0.05, 0.1) is 20.1 Å². The Morgan fingerprint density at radius 2 is 1.64 bits per heavy atom. The van der Waals surface area contributed by atoms with Crippen LogP contribution in [0.1, 0.15) is 6.42 Å². The van der Waals surface area contributed by atoms with Crippen molar-refractivity contribution in [3.05, 3.63) is 54.6 Å².